The lowest BCUT2D eigenvalue weighted by molar-refractivity contribution is 0.824. The van der Waals surface area contributed by atoms with Gasteiger partial charge in [0.1, 0.15) is 5.65 Å². The summed E-state index contributed by atoms with van der Waals surface area (Å²) in [6.07, 6.45) is 3.03. The van der Waals surface area contributed by atoms with E-state index < -0.39 is 0 Å². The van der Waals surface area contributed by atoms with Gasteiger partial charge < -0.3 is 15.5 Å². The largest absolute Gasteiger partial charge is 0.370 e. The second-order valence-electron chi connectivity index (χ2n) is 4.26. The molecule has 18 heavy (non-hydrogen) atoms. The molecule has 5 heteroatoms. The first-order valence-corrected chi connectivity index (χ1v) is 6.18. The molecule has 0 aliphatic carbocycles. The minimum absolute atomic E-state index is 0.477. The molecule has 0 bridgehead atoms. The third-order valence-corrected chi connectivity index (χ3v) is 2.71. The van der Waals surface area contributed by atoms with Crippen LogP contribution >= 0.6 is 0 Å². The summed E-state index contributed by atoms with van der Waals surface area (Å²) < 4.78 is 2.06. The standard InChI is InChI=1S/C13H19N5/c1-3-7-15-13(14)16-8-11-9-18-10(2)5-4-6-12(18)17-11/h4-6,9H,3,7-8H2,1-2H3,(H3,14,15,16). The molecular weight excluding hydrogens is 226 g/mol. The third-order valence-electron chi connectivity index (χ3n) is 2.71. The minimum Gasteiger partial charge on any atom is -0.370 e. The van der Waals surface area contributed by atoms with Crippen molar-refractivity contribution in [3.8, 4) is 0 Å². The van der Waals surface area contributed by atoms with Crippen LogP contribution in [-0.4, -0.2) is 21.9 Å². The maximum atomic E-state index is 5.74. The van der Waals surface area contributed by atoms with Gasteiger partial charge in [0.15, 0.2) is 5.96 Å². The summed E-state index contributed by atoms with van der Waals surface area (Å²) in [6.45, 7) is 5.49. The SMILES string of the molecule is CCCNC(N)=NCc1cn2c(C)cccc2n1. The van der Waals surface area contributed by atoms with E-state index in [9.17, 15) is 0 Å². The van der Waals surface area contributed by atoms with E-state index in [1.807, 2.05) is 18.3 Å². The first-order chi connectivity index (χ1) is 8.70. The van der Waals surface area contributed by atoms with Crippen LogP contribution in [0.15, 0.2) is 29.4 Å². The van der Waals surface area contributed by atoms with Crippen molar-refractivity contribution in [1.82, 2.24) is 14.7 Å². The van der Waals surface area contributed by atoms with Crippen LogP contribution in [-0.2, 0) is 6.54 Å². The summed E-state index contributed by atoms with van der Waals surface area (Å²) >= 11 is 0. The molecule has 5 nitrogen and oxygen atoms in total. The molecule has 0 unspecified atom stereocenters. The molecule has 0 aliphatic rings. The zero-order valence-electron chi connectivity index (χ0n) is 10.8. The number of nitrogens with zero attached hydrogens (tertiary/aromatic N) is 3. The van der Waals surface area contributed by atoms with Gasteiger partial charge in [-0.2, -0.15) is 0 Å². The van der Waals surface area contributed by atoms with Crippen LogP contribution < -0.4 is 11.1 Å². The molecule has 0 radical (unpaired) electrons. The van der Waals surface area contributed by atoms with Crippen LogP contribution in [0.2, 0.25) is 0 Å². The van der Waals surface area contributed by atoms with E-state index in [1.54, 1.807) is 0 Å². The fourth-order valence-electron chi connectivity index (χ4n) is 1.75. The number of fused-ring (bicyclic) bond motifs is 1. The molecule has 2 aromatic heterocycles. The van der Waals surface area contributed by atoms with Crippen LogP contribution in [0, 0.1) is 6.92 Å². The fourth-order valence-corrected chi connectivity index (χ4v) is 1.75. The Bertz CT molecular complexity index is 556. The van der Waals surface area contributed by atoms with Crippen molar-refractivity contribution in [2.45, 2.75) is 26.8 Å². The summed E-state index contributed by atoms with van der Waals surface area (Å²) in [7, 11) is 0. The smallest absolute Gasteiger partial charge is 0.188 e. The highest BCUT2D eigenvalue weighted by molar-refractivity contribution is 5.77. The number of aliphatic imine (C=N–C) groups is 1. The van der Waals surface area contributed by atoms with Gasteiger partial charge in [-0.25, -0.2) is 9.98 Å². The lowest BCUT2D eigenvalue weighted by Gasteiger charge is -2.01. The number of nitrogens with two attached hydrogens (primary N) is 1. The number of aryl methyl sites for hydroxylation is 1. The highest BCUT2D eigenvalue weighted by Crippen LogP contribution is 2.08. The Kier molecular flexibility index (Phi) is 3.82. The molecule has 0 atom stereocenters. The quantitative estimate of drug-likeness (QED) is 0.633. The molecule has 2 rings (SSSR count). The molecule has 0 spiro atoms. The van der Waals surface area contributed by atoms with Crippen LogP contribution in [0.1, 0.15) is 24.7 Å². The van der Waals surface area contributed by atoms with Gasteiger partial charge in [-0.05, 0) is 25.5 Å². The van der Waals surface area contributed by atoms with Gasteiger partial charge in [-0.15, -0.1) is 0 Å². The number of rotatable bonds is 4. The molecule has 96 valence electrons. The van der Waals surface area contributed by atoms with Crippen molar-refractivity contribution in [2.75, 3.05) is 6.54 Å². The average molecular weight is 245 g/mol. The molecule has 0 saturated heterocycles. The number of guanidine groups is 1. The summed E-state index contributed by atoms with van der Waals surface area (Å²) in [5.74, 6) is 0.477. The zero-order valence-corrected chi connectivity index (χ0v) is 10.8. The fraction of sp³-hybridized carbons (Fsp3) is 0.385. The maximum absolute atomic E-state index is 5.74. The lowest BCUT2D eigenvalue weighted by Crippen LogP contribution is -2.32. The van der Waals surface area contributed by atoms with E-state index in [1.165, 1.54) is 0 Å². The Morgan fingerprint density at radius 3 is 3.06 bits per heavy atom. The van der Waals surface area contributed by atoms with Gasteiger partial charge in [-0.3, -0.25) is 0 Å². The van der Waals surface area contributed by atoms with Crippen LogP contribution in [0.3, 0.4) is 0 Å². The Morgan fingerprint density at radius 2 is 2.33 bits per heavy atom. The van der Waals surface area contributed by atoms with E-state index >= 15 is 0 Å². The zero-order chi connectivity index (χ0) is 13.0. The van der Waals surface area contributed by atoms with Gasteiger partial charge in [-0.1, -0.05) is 13.0 Å². The van der Waals surface area contributed by atoms with Crippen molar-refractivity contribution in [1.29, 1.82) is 0 Å². The summed E-state index contributed by atoms with van der Waals surface area (Å²) in [4.78, 5) is 8.76. The average Bonchev–Trinajstić information content (AvgIpc) is 2.78. The number of hydrogen-bond acceptors (Lipinski definition) is 2. The van der Waals surface area contributed by atoms with E-state index in [-0.39, 0.29) is 0 Å². The summed E-state index contributed by atoms with van der Waals surface area (Å²) in [5.41, 5.74) is 8.76. The normalized spacial score (nSPS) is 12.0. The summed E-state index contributed by atoms with van der Waals surface area (Å²) in [6, 6.07) is 6.04. The Morgan fingerprint density at radius 1 is 1.50 bits per heavy atom. The maximum Gasteiger partial charge on any atom is 0.188 e. The molecule has 0 fully saturated rings. The highest BCUT2D eigenvalue weighted by atomic mass is 15.1. The molecule has 0 aliphatic heterocycles. The van der Waals surface area contributed by atoms with Gasteiger partial charge >= 0.3 is 0 Å². The topological polar surface area (TPSA) is 67.7 Å². The van der Waals surface area contributed by atoms with Crippen LogP contribution in [0.25, 0.3) is 5.65 Å². The van der Waals surface area contributed by atoms with E-state index in [2.05, 4.69) is 39.6 Å². The van der Waals surface area contributed by atoms with E-state index in [4.69, 9.17) is 5.73 Å². The van der Waals surface area contributed by atoms with Crippen LogP contribution in [0.4, 0.5) is 0 Å². The molecular formula is C13H19N5. The number of hydrogen-bond donors (Lipinski definition) is 2. The number of aromatic nitrogens is 2. The van der Waals surface area contributed by atoms with Gasteiger partial charge in [0.25, 0.3) is 0 Å². The molecule has 3 N–H and O–H groups in total. The number of pyridine rings is 1. The second-order valence-corrected chi connectivity index (χ2v) is 4.26. The first kappa shape index (κ1) is 12.4. The Labute approximate surface area is 107 Å². The van der Waals surface area contributed by atoms with Gasteiger partial charge in [0.2, 0.25) is 0 Å². The van der Waals surface area contributed by atoms with Crippen molar-refractivity contribution in [2.24, 2.45) is 10.7 Å². The third kappa shape index (κ3) is 2.80. The van der Waals surface area contributed by atoms with Crippen molar-refractivity contribution in [3.63, 3.8) is 0 Å². The molecule has 0 saturated carbocycles. The lowest BCUT2D eigenvalue weighted by atomic mass is 10.4. The molecule has 2 heterocycles. The van der Waals surface area contributed by atoms with E-state index in [0.717, 1.165) is 30.0 Å². The monoisotopic (exact) mass is 245 g/mol. The first-order valence-electron chi connectivity index (χ1n) is 6.18. The minimum atomic E-state index is 0.477. The van der Waals surface area contributed by atoms with Crippen molar-refractivity contribution in [3.05, 3.63) is 35.8 Å². The van der Waals surface area contributed by atoms with Gasteiger partial charge in [0, 0.05) is 18.4 Å². The molecule has 0 aromatic carbocycles. The molecule has 0 amide bonds. The van der Waals surface area contributed by atoms with E-state index in [0.29, 0.717) is 12.5 Å². The highest BCUT2D eigenvalue weighted by Gasteiger charge is 2.02. The Hall–Kier alpha value is -2.04. The van der Waals surface area contributed by atoms with Crippen molar-refractivity contribution >= 4 is 11.6 Å². The predicted molar refractivity (Wildman–Crippen MR) is 73.5 cm³/mol. The predicted octanol–water partition coefficient (Wildman–Crippen LogP) is 1.46. The number of nitrogens with one attached hydrogen (secondary N) is 1. The summed E-state index contributed by atoms with van der Waals surface area (Å²) in [5, 5.41) is 3.04. The molecule has 2 aromatic rings. The van der Waals surface area contributed by atoms with Crippen LogP contribution in [0.5, 0.6) is 0 Å². The van der Waals surface area contributed by atoms with Crippen molar-refractivity contribution < 1.29 is 0 Å². The Balaban J connectivity index is 2.10. The van der Waals surface area contributed by atoms with Gasteiger partial charge in [0.05, 0.1) is 12.2 Å². The second kappa shape index (κ2) is 5.53. The number of imidazole rings is 1.